The van der Waals surface area contributed by atoms with E-state index in [1.807, 2.05) is 0 Å². The van der Waals surface area contributed by atoms with E-state index in [0.29, 0.717) is 28.5 Å². The summed E-state index contributed by atoms with van der Waals surface area (Å²) in [6, 6.07) is 6.23. The van der Waals surface area contributed by atoms with Crippen LogP contribution in [-0.4, -0.2) is 41.8 Å². The summed E-state index contributed by atoms with van der Waals surface area (Å²) in [5, 5.41) is 6.13. The number of piperidine rings is 1. The normalized spacial score (nSPS) is 26.2. The van der Waals surface area contributed by atoms with Crippen LogP contribution < -0.4 is 10.6 Å². The minimum absolute atomic E-state index is 0.0147. The van der Waals surface area contributed by atoms with E-state index in [1.54, 1.807) is 24.3 Å². The molecule has 2 amide bonds. The molecule has 0 radical (unpaired) electrons. The lowest BCUT2D eigenvalue weighted by Crippen LogP contribution is -2.47. The van der Waals surface area contributed by atoms with Crippen LogP contribution in [-0.2, 0) is 9.59 Å². The van der Waals surface area contributed by atoms with Gasteiger partial charge in [-0.1, -0.05) is 31.5 Å². The van der Waals surface area contributed by atoms with Crippen LogP contribution in [0.3, 0.4) is 0 Å². The number of guanidine groups is 1. The summed E-state index contributed by atoms with van der Waals surface area (Å²) in [5.41, 5.74) is 0.610. The molecule has 1 fully saturated rings. The van der Waals surface area contributed by atoms with Crippen molar-refractivity contribution in [2.75, 3.05) is 18.4 Å². The molecule has 0 aliphatic carbocycles. The first-order valence-electron chi connectivity index (χ1n) is 8.59. The molecule has 0 spiro atoms. The van der Waals surface area contributed by atoms with Crippen molar-refractivity contribution in [1.82, 2.24) is 10.2 Å². The smallest absolute Gasteiger partial charge is 0.252 e. The summed E-state index contributed by atoms with van der Waals surface area (Å²) in [4.78, 5) is 30.9. The lowest BCUT2D eigenvalue weighted by Gasteiger charge is -2.35. The first-order chi connectivity index (χ1) is 11.9. The van der Waals surface area contributed by atoms with Gasteiger partial charge in [0.15, 0.2) is 0 Å². The molecule has 3 unspecified atom stereocenters. The molecule has 0 bridgehead atoms. The van der Waals surface area contributed by atoms with Gasteiger partial charge < -0.3 is 10.2 Å². The van der Waals surface area contributed by atoms with Crippen LogP contribution in [0.1, 0.15) is 26.7 Å². The molecule has 3 rings (SSSR count). The molecular formula is C18H23ClN4O2. The lowest BCUT2D eigenvalue weighted by atomic mass is 9.92. The fourth-order valence-electron chi connectivity index (χ4n) is 3.52. The molecular weight excluding hydrogens is 340 g/mol. The summed E-state index contributed by atoms with van der Waals surface area (Å²) in [5.74, 6) is 1.25. The second-order valence-corrected chi connectivity index (χ2v) is 7.51. The molecule has 7 heteroatoms. The van der Waals surface area contributed by atoms with Crippen LogP contribution in [0.4, 0.5) is 5.69 Å². The Hall–Kier alpha value is -2.08. The number of nitrogens with zero attached hydrogens (tertiary/aromatic N) is 2. The standard InChI is InChI=1S/C18H23ClN4O2/c1-11-6-12(2)10-23(9-11)18-21-15(17(25)22-18)8-16(24)20-14-5-3-4-13(19)7-14/h3-5,7,11-12,15H,6,8-10H2,1-2H3,(H,20,24)(H,21,22,25). The predicted octanol–water partition coefficient (Wildman–Crippen LogP) is 2.50. The third-order valence-electron chi connectivity index (χ3n) is 4.47. The van der Waals surface area contributed by atoms with Gasteiger partial charge in [-0.05, 0) is 36.5 Å². The Morgan fingerprint density at radius 2 is 2.08 bits per heavy atom. The van der Waals surface area contributed by atoms with Gasteiger partial charge in [0, 0.05) is 23.8 Å². The van der Waals surface area contributed by atoms with E-state index in [1.165, 1.54) is 6.42 Å². The van der Waals surface area contributed by atoms with Gasteiger partial charge in [0.2, 0.25) is 11.9 Å². The van der Waals surface area contributed by atoms with Gasteiger partial charge in [0.1, 0.15) is 6.04 Å². The van der Waals surface area contributed by atoms with Crippen LogP contribution in [0.5, 0.6) is 0 Å². The van der Waals surface area contributed by atoms with E-state index in [0.717, 1.165) is 13.1 Å². The second kappa shape index (κ2) is 7.44. The van der Waals surface area contributed by atoms with Crippen molar-refractivity contribution >= 4 is 35.1 Å². The van der Waals surface area contributed by atoms with Crippen molar-refractivity contribution in [3.8, 4) is 0 Å². The minimum atomic E-state index is -0.679. The Morgan fingerprint density at radius 3 is 2.76 bits per heavy atom. The number of aliphatic imine (C=N–C) groups is 1. The zero-order valence-corrected chi connectivity index (χ0v) is 15.2. The van der Waals surface area contributed by atoms with Gasteiger partial charge in [0.05, 0.1) is 6.42 Å². The highest BCUT2D eigenvalue weighted by Crippen LogP contribution is 2.22. The number of carbonyl (C=O) groups excluding carboxylic acids is 2. The number of rotatable bonds is 3. The van der Waals surface area contributed by atoms with Crippen molar-refractivity contribution in [2.45, 2.75) is 32.7 Å². The molecule has 2 N–H and O–H groups in total. The van der Waals surface area contributed by atoms with Crippen molar-refractivity contribution in [1.29, 1.82) is 0 Å². The molecule has 134 valence electrons. The maximum absolute atomic E-state index is 12.2. The first kappa shape index (κ1) is 17.7. The van der Waals surface area contributed by atoms with Gasteiger partial charge in [0.25, 0.3) is 5.91 Å². The molecule has 3 atom stereocenters. The Bertz CT molecular complexity index is 696. The quantitative estimate of drug-likeness (QED) is 0.867. The van der Waals surface area contributed by atoms with E-state index in [4.69, 9.17) is 11.6 Å². The fourth-order valence-corrected chi connectivity index (χ4v) is 3.71. The molecule has 2 aliphatic heterocycles. The highest BCUT2D eigenvalue weighted by molar-refractivity contribution is 6.30. The van der Waals surface area contributed by atoms with Gasteiger partial charge in [-0.15, -0.1) is 0 Å². The largest absolute Gasteiger partial charge is 0.342 e. The highest BCUT2D eigenvalue weighted by Gasteiger charge is 2.33. The number of nitrogens with one attached hydrogen (secondary N) is 2. The monoisotopic (exact) mass is 362 g/mol. The van der Waals surface area contributed by atoms with E-state index < -0.39 is 6.04 Å². The van der Waals surface area contributed by atoms with Crippen molar-refractivity contribution in [2.24, 2.45) is 16.8 Å². The summed E-state index contributed by atoms with van der Waals surface area (Å²) >= 11 is 5.91. The van der Waals surface area contributed by atoms with Crippen molar-refractivity contribution < 1.29 is 9.59 Å². The third-order valence-corrected chi connectivity index (χ3v) is 4.71. The minimum Gasteiger partial charge on any atom is -0.342 e. The Kier molecular flexibility index (Phi) is 5.27. The molecule has 1 aromatic carbocycles. The number of likely N-dealkylation sites (tertiary alicyclic amines) is 1. The van der Waals surface area contributed by atoms with Crippen LogP contribution >= 0.6 is 11.6 Å². The summed E-state index contributed by atoms with van der Waals surface area (Å²) < 4.78 is 0. The van der Waals surface area contributed by atoms with E-state index in [2.05, 4.69) is 34.4 Å². The molecule has 1 saturated heterocycles. The SMILES string of the molecule is CC1CC(C)CN(C2=NC(CC(=O)Nc3cccc(Cl)c3)C(=O)N2)C1. The van der Waals surface area contributed by atoms with Crippen molar-refractivity contribution in [3.63, 3.8) is 0 Å². The molecule has 0 aromatic heterocycles. The van der Waals surface area contributed by atoms with Crippen molar-refractivity contribution in [3.05, 3.63) is 29.3 Å². The van der Waals surface area contributed by atoms with Crippen LogP contribution in [0.2, 0.25) is 5.02 Å². The lowest BCUT2D eigenvalue weighted by molar-refractivity contribution is -0.124. The first-order valence-corrected chi connectivity index (χ1v) is 8.97. The summed E-state index contributed by atoms with van der Waals surface area (Å²) in [6.07, 6.45) is 1.20. The van der Waals surface area contributed by atoms with E-state index >= 15 is 0 Å². The number of anilines is 1. The molecule has 2 heterocycles. The molecule has 25 heavy (non-hydrogen) atoms. The van der Waals surface area contributed by atoms with Gasteiger partial charge in [-0.3, -0.25) is 14.9 Å². The fraction of sp³-hybridized carbons (Fsp3) is 0.500. The second-order valence-electron chi connectivity index (χ2n) is 7.07. The maximum atomic E-state index is 12.2. The summed E-state index contributed by atoms with van der Waals surface area (Å²) in [6.45, 7) is 6.17. The van der Waals surface area contributed by atoms with Crippen LogP contribution in [0.15, 0.2) is 29.3 Å². The number of hydrogen-bond donors (Lipinski definition) is 2. The van der Waals surface area contributed by atoms with Gasteiger partial charge >= 0.3 is 0 Å². The highest BCUT2D eigenvalue weighted by atomic mass is 35.5. The van der Waals surface area contributed by atoms with E-state index in [9.17, 15) is 9.59 Å². The van der Waals surface area contributed by atoms with Gasteiger partial charge in [-0.25, -0.2) is 4.99 Å². The Morgan fingerprint density at radius 1 is 1.36 bits per heavy atom. The summed E-state index contributed by atoms with van der Waals surface area (Å²) in [7, 11) is 0. The zero-order chi connectivity index (χ0) is 18.0. The number of hydrogen-bond acceptors (Lipinski definition) is 4. The third kappa shape index (κ3) is 4.51. The Balaban J connectivity index is 1.61. The number of carbonyl (C=O) groups is 2. The molecule has 0 saturated carbocycles. The zero-order valence-electron chi connectivity index (χ0n) is 14.5. The van der Waals surface area contributed by atoms with Crippen LogP contribution in [0, 0.1) is 11.8 Å². The van der Waals surface area contributed by atoms with Gasteiger partial charge in [-0.2, -0.15) is 0 Å². The number of amides is 2. The average Bonchev–Trinajstić information content (AvgIpc) is 2.87. The number of halogens is 1. The predicted molar refractivity (Wildman–Crippen MR) is 98.6 cm³/mol. The molecule has 2 aliphatic rings. The molecule has 1 aromatic rings. The van der Waals surface area contributed by atoms with Crippen LogP contribution in [0.25, 0.3) is 0 Å². The maximum Gasteiger partial charge on any atom is 0.252 e. The number of benzene rings is 1. The average molecular weight is 363 g/mol. The van der Waals surface area contributed by atoms with E-state index in [-0.39, 0.29) is 18.2 Å². The Labute approximate surface area is 152 Å². The topological polar surface area (TPSA) is 73.8 Å². The molecule has 6 nitrogen and oxygen atoms in total.